The summed E-state index contributed by atoms with van der Waals surface area (Å²) in [6.07, 6.45) is 0. The third-order valence-corrected chi connectivity index (χ3v) is 2.92. The average molecular weight is 275 g/mol. The SMILES string of the molecule is CNc1cc(F)c(C)c(C(=O)Oc2ccccc2)c1O. The number of benzene rings is 2. The van der Waals surface area contributed by atoms with Gasteiger partial charge in [0.2, 0.25) is 0 Å². The van der Waals surface area contributed by atoms with Gasteiger partial charge in [-0.25, -0.2) is 9.18 Å². The Bertz CT molecular complexity index is 641. The molecule has 0 saturated carbocycles. The third-order valence-electron chi connectivity index (χ3n) is 2.92. The molecule has 0 amide bonds. The first-order valence-electron chi connectivity index (χ1n) is 6.01. The minimum Gasteiger partial charge on any atom is -0.505 e. The smallest absolute Gasteiger partial charge is 0.347 e. The number of ether oxygens (including phenoxy) is 1. The first kappa shape index (κ1) is 13.9. The maximum absolute atomic E-state index is 13.7. The predicted octanol–water partition coefficient (Wildman–Crippen LogP) is 3.10. The number of carbonyl (C=O) groups is 1. The van der Waals surface area contributed by atoms with Crippen LogP contribution in [0.15, 0.2) is 36.4 Å². The number of anilines is 1. The van der Waals surface area contributed by atoms with Crippen LogP contribution in [-0.2, 0) is 0 Å². The fourth-order valence-corrected chi connectivity index (χ4v) is 1.82. The van der Waals surface area contributed by atoms with Crippen LogP contribution in [0.2, 0.25) is 0 Å². The molecule has 0 heterocycles. The van der Waals surface area contributed by atoms with Crippen LogP contribution in [0.4, 0.5) is 10.1 Å². The topological polar surface area (TPSA) is 58.6 Å². The highest BCUT2D eigenvalue weighted by molar-refractivity contribution is 5.97. The summed E-state index contributed by atoms with van der Waals surface area (Å²) >= 11 is 0. The molecule has 0 spiro atoms. The Hall–Kier alpha value is -2.56. The van der Waals surface area contributed by atoms with Crippen molar-refractivity contribution in [3.05, 3.63) is 53.3 Å². The lowest BCUT2D eigenvalue weighted by atomic mass is 10.1. The highest BCUT2D eigenvalue weighted by atomic mass is 19.1. The number of phenolic OH excluding ortho intramolecular Hbond substituents is 1. The number of carbonyl (C=O) groups excluding carboxylic acids is 1. The Morgan fingerprint density at radius 2 is 1.95 bits per heavy atom. The molecule has 2 rings (SSSR count). The summed E-state index contributed by atoms with van der Waals surface area (Å²) < 4.78 is 18.9. The van der Waals surface area contributed by atoms with E-state index in [0.29, 0.717) is 5.75 Å². The summed E-state index contributed by atoms with van der Waals surface area (Å²) in [6.45, 7) is 1.41. The molecule has 0 aliphatic carbocycles. The molecular formula is C15H14FNO3. The highest BCUT2D eigenvalue weighted by Crippen LogP contribution is 2.32. The van der Waals surface area contributed by atoms with E-state index in [1.54, 1.807) is 30.3 Å². The Morgan fingerprint density at radius 3 is 2.55 bits per heavy atom. The van der Waals surface area contributed by atoms with E-state index in [1.807, 2.05) is 0 Å². The molecule has 2 aromatic carbocycles. The predicted molar refractivity (Wildman–Crippen MR) is 73.7 cm³/mol. The van der Waals surface area contributed by atoms with Crippen molar-refractivity contribution in [1.29, 1.82) is 0 Å². The van der Waals surface area contributed by atoms with Crippen LogP contribution in [0.3, 0.4) is 0 Å². The van der Waals surface area contributed by atoms with Crippen molar-refractivity contribution in [1.82, 2.24) is 0 Å². The van der Waals surface area contributed by atoms with Gasteiger partial charge in [-0.1, -0.05) is 18.2 Å². The van der Waals surface area contributed by atoms with Crippen LogP contribution in [0, 0.1) is 12.7 Å². The van der Waals surface area contributed by atoms with E-state index < -0.39 is 11.8 Å². The molecule has 2 N–H and O–H groups in total. The summed E-state index contributed by atoms with van der Waals surface area (Å²) in [5.74, 6) is -1.40. The summed E-state index contributed by atoms with van der Waals surface area (Å²) in [4.78, 5) is 12.1. The molecule has 0 fully saturated rings. The molecule has 0 bridgehead atoms. The maximum Gasteiger partial charge on any atom is 0.347 e. The fraction of sp³-hybridized carbons (Fsp3) is 0.133. The van der Waals surface area contributed by atoms with Gasteiger partial charge < -0.3 is 15.2 Å². The second-order valence-corrected chi connectivity index (χ2v) is 4.21. The Morgan fingerprint density at radius 1 is 1.30 bits per heavy atom. The number of phenols is 1. The first-order chi connectivity index (χ1) is 9.54. The zero-order valence-electron chi connectivity index (χ0n) is 11.1. The van der Waals surface area contributed by atoms with Crippen molar-refractivity contribution in [3.63, 3.8) is 0 Å². The van der Waals surface area contributed by atoms with E-state index in [-0.39, 0.29) is 22.6 Å². The van der Waals surface area contributed by atoms with Crippen molar-refractivity contribution in [2.45, 2.75) is 6.92 Å². The lowest BCUT2D eigenvalue weighted by molar-refractivity contribution is 0.0730. The van der Waals surface area contributed by atoms with Crippen LogP contribution in [0.1, 0.15) is 15.9 Å². The van der Waals surface area contributed by atoms with E-state index in [1.165, 1.54) is 14.0 Å². The Labute approximate surface area is 115 Å². The molecule has 0 aliphatic heterocycles. The molecule has 0 aliphatic rings. The van der Waals surface area contributed by atoms with Crippen molar-refractivity contribution >= 4 is 11.7 Å². The van der Waals surface area contributed by atoms with E-state index in [4.69, 9.17) is 4.74 Å². The number of nitrogens with one attached hydrogen (secondary N) is 1. The van der Waals surface area contributed by atoms with Gasteiger partial charge in [0.15, 0.2) is 5.75 Å². The van der Waals surface area contributed by atoms with Gasteiger partial charge in [0.05, 0.1) is 5.69 Å². The minimum atomic E-state index is -0.804. The van der Waals surface area contributed by atoms with E-state index in [2.05, 4.69) is 5.32 Å². The third kappa shape index (κ3) is 2.56. The van der Waals surface area contributed by atoms with Gasteiger partial charge in [0, 0.05) is 18.7 Å². The second kappa shape index (κ2) is 5.61. The standard InChI is InChI=1S/C15H14FNO3/c1-9-11(16)8-12(17-2)14(18)13(9)15(19)20-10-6-4-3-5-7-10/h3-8,17-18H,1-2H3. The van der Waals surface area contributed by atoms with Crippen molar-refractivity contribution in [3.8, 4) is 11.5 Å². The number of hydrogen-bond acceptors (Lipinski definition) is 4. The molecule has 0 atom stereocenters. The number of halogens is 1. The van der Waals surface area contributed by atoms with Gasteiger partial charge in [-0.2, -0.15) is 0 Å². The zero-order chi connectivity index (χ0) is 14.7. The number of hydrogen-bond donors (Lipinski definition) is 2. The number of para-hydroxylation sites is 1. The summed E-state index contributed by atoms with van der Waals surface area (Å²) in [5, 5.41) is 12.6. The van der Waals surface area contributed by atoms with E-state index in [9.17, 15) is 14.3 Å². The van der Waals surface area contributed by atoms with Crippen molar-refractivity contribution in [2.75, 3.05) is 12.4 Å². The molecule has 2 aromatic rings. The van der Waals surface area contributed by atoms with Gasteiger partial charge in [-0.3, -0.25) is 0 Å². The lowest BCUT2D eigenvalue weighted by Gasteiger charge is -2.13. The van der Waals surface area contributed by atoms with Gasteiger partial charge in [0.1, 0.15) is 17.1 Å². The number of rotatable bonds is 3. The van der Waals surface area contributed by atoms with Crippen LogP contribution < -0.4 is 10.1 Å². The zero-order valence-corrected chi connectivity index (χ0v) is 11.1. The summed E-state index contributed by atoms with van der Waals surface area (Å²) in [7, 11) is 1.52. The highest BCUT2D eigenvalue weighted by Gasteiger charge is 2.22. The molecule has 5 heteroatoms. The molecule has 0 unspecified atom stereocenters. The number of aromatic hydroxyl groups is 1. The van der Waals surface area contributed by atoms with Crippen LogP contribution in [-0.4, -0.2) is 18.1 Å². The Balaban J connectivity index is 2.42. The van der Waals surface area contributed by atoms with Gasteiger partial charge in [-0.15, -0.1) is 0 Å². The van der Waals surface area contributed by atoms with E-state index >= 15 is 0 Å². The molecule has 0 saturated heterocycles. The quantitative estimate of drug-likeness (QED) is 0.513. The molecule has 0 aromatic heterocycles. The molecule has 0 radical (unpaired) electrons. The first-order valence-corrected chi connectivity index (χ1v) is 6.01. The normalized spacial score (nSPS) is 10.2. The molecule has 20 heavy (non-hydrogen) atoms. The van der Waals surface area contributed by atoms with Crippen LogP contribution >= 0.6 is 0 Å². The molecular weight excluding hydrogens is 261 g/mol. The monoisotopic (exact) mass is 275 g/mol. The fourth-order valence-electron chi connectivity index (χ4n) is 1.82. The molecule has 4 nitrogen and oxygen atoms in total. The molecule has 104 valence electrons. The number of esters is 1. The van der Waals surface area contributed by atoms with Crippen molar-refractivity contribution < 1.29 is 19.0 Å². The van der Waals surface area contributed by atoms with Crippen LogP contribution in [0.25, 0.3) is 0 Å². The largest absolute Gasteiger partial charge is 0.505 e. The average Bonchev–Trinajstić information content (AvgIpc) is 2.44. The maximum atomic E-state index is 13.7. The second-order valence-electron chi connectivity index (χ2n) is 4.21. The van der Waals surface area contributed by atoms with E-state index in [0.717, 1.165) is 6.07 Å². The van der Waals surface area contributed by atoms with Crippen molar-refractivity contribution in [2.24, 2.45) is 0 Å². The Kier molecular flexibility index (Phi) is 3.89. The minimum absolute atomic E-state index is 0.0439. The van der Waals surface area contributed by atoms with Gasteiger partial charge >= 0.3 is 5.97 Å². The summed E-state index contributed by atoms with van der Waals surface area (Å²) in [5.41, 5.74) is -0.00579. The van der Waals surface area contributed by atoms with Gasteiger partial charge in [0.25, 0.3) is 0 Å². The lowest BCUT2D eigenvalue weighted by Crippen LogP contribution is -2.12. The van der Waals surface area contributed by atoms with Crippen LogP contribution in [0.5, 0.6) is 11.5 Å². The van der Waals surface area contributed by atoms with Gasteiger partial charge in [-0.05, 0) is 19.1 Å². The summed E-state index contributed by atoms with van der Waals surface area (Å²) in [6, 6.07) is 9.52.